The Kier molecular flexibility index (Phi) is 6.76. The number of hydrogen-bond donors (Lipinski definition) is 1. The minimum absolute atomic E-state index is 0.143. The van der Waals surface area contributed by atoms with Crippen LogP contribution in [-0.4, -0.2) is 30.2 Å². The van der Waals surface area contributed by atoms with Crippen molar-refractivity contribution in [2.24, 2.45) is 0 Å². The molecule has 0 spiro atoms. The van der Waals surface area contributed by atoms with Crippen molar-refractivity contribution < 1.29 is 14.3 Å². The first-order chi connectivity index (χ1) is 12.1. The largest absolute Gasteiger partial charge is 0.491 e. The van der Waals surface area contributed by atoms with Gasteiger partial charge in [-0.2, -0.15) is 0 Å². The number of benzene rings is 1. The number of hydrogen-bond acceptors (Lipinski definition) is 4. The lowest BCUT2D eigenvalue weighted by Gasteiger charge is -2.27. The Balaban J connectivity index is 2.30. The molecule has 1 heterocycles. The van der Waals surface area contributed by atoms with E-state index in [-0.39, 0.29) is 5.91 Å². The molecule has 1 amide bonds. The fraction of sp³-hybridized carbons (Fsp3) is 0.500. The van der Waals surface area contributed by atoms with E-state index in [0.717, 1.165) is 41.6 Å². The monoisotopic (exact) mass is 344 g/mol. The molecule has 136 valence electrons. The van der Waals surface area contributed by atoms with Gasteiger partial charge in [0.25, 0.3) is 5.91 Å². The molecule has 1 aromatic heterocycles. The van der Waals surface area contributed by atoms with E-state index in [1.807, 2.05) is 31.2 Å². The highest BCUT2D eigenvalue weighted by molar-refractivity contribution is 6.05. The minimum Gasteiger partial charge on any atom is -0.491 e. The maximum atomic E-state index is 12.8. The van der Waals surface area contributed by atoms with Crippen molar-refractivity contribution in [2.45, 2.75) is 52.1 Å². The third-order valence-corrected chi connectivity index (χ3v) is 4.38. The van der Waals surface area contributed by atoms with Crippen LogP contribution in [-0.2, 0) is 9.53 Å². The number of unbranched alkanes of at least 4 members (excludes halogenated alkanes) is 1. The number of pyridine rings is 1. The summed E-state index contributed by atoms with van der Waals surface area (Å²) in [5.74, 6) is 0.590. The standard InChI is InChI=1S/C20H28N2O3/c1-5-7-12-20(3,24-4)19(23)22-16-10-11-17(25-14-6-2)18-15(16)9-8-13-21-18/h8-11,13H,5-7,12,14H2,1-4H3,(H,22,23)/t20-/m0/s1. The molecule has 0 unspecified atom stereocenters. The SMILES string of the molecule is CCCC[C@](C)(OC)C(=O)Nc1ccc(OCCC)c2ncccc12. The molecule has 0 fully saturated rings. The Hall–Kier alpha value is -2.14. The molecule has 0 radical (unpaired) electrons. The topological polar surface area (TPSA) is 60.5 Å². The summed E-state index contributed by atoms with van der Waals surface area (Å²) >= 11 is 0. The minimum atomic E-state index is -0.845. The van der Waals surface area contributed by atoms with Gasteiger partial charge in [0.1, 0.15) is 16.9 Å². The lowest BCUT2D eigenvalue weighted by atomic mass is 9.97. The molecule has 1 N–H and O–H groups in total. The van der Waals surface area contributed by atoms with E-state index in [2.05, 4.69) is 24.1 Å². The Morgan fingerprint density at radius 3 is 2.72 bits per heavy atom. The summed E-state index contributed by atoms with van der Waals surface area (Å²) < 4.78 is 11.3. The molecular formula is C20H28N2O3. The van der Waals surface area contributed by atoms with Crippen LogP contribution in [0.3, 0.4) is 0 Å². The molecule has 1 aromatic carbocycles. The van der Waals surface area contributed by atoms with Crippen molar-refractivity contribution in [1.82, 2.24) is 4.98 Å². The molecule has 0 aliphatic heterocycles. The van der Waals surface area contributed by atoms with Crippen molar-refractivity contribution >= 4 is 22.5 Å². The van der Waals surface area contributed by atoms with E-state index in [4.69, 9.17) is 9.47 Å². The van der Waals surface area contributed by atoms with Gasteiger partial charge in [-0.25, -0.2) is 0 Å². The number of rotatable bonds is 9. The first kappa shape index (κ1) is 19.2. The van der Waals surface area contributed by atoms with Crippen molar-refractivity contribution in [1.29, 1.82) is 0 Å². The number of carbonyl (C=O) groups is 1. The molecule has 5 heteroatoms. The summed E-state index contributed by atoms with van der Waals surface area (Å²) in [6, 6.07) is 7.51. The van der Waals surface area contributed by atoms with E-state index in [9.17, 15) is 4.79 Å². The van der Waals surface area contributed by atoms with Crippen LogP contribution < -0.4 is 10.1 Å². The Labute approximate surface area is 149 Å². The zero-order valence-electron chi connectivity index (χ0n) is 15.6. The third-order valence-electron chi connectivity index (χ3n) is 4.38. The number of ether oxygens (including phenoxy) is 2. The zero-order valence-corrected chi connectivity index (χ0v) is 15.6. The summed E-state index contributed by atoms with van der Waals surface area (Å²) in [5.41, 5.74) is 0.625. The average molecular weight is 344 g/mol. The first-order valence-electron chi connectivity index (χ1n) is 8.92. The van der Waals surface area contributed by atoms with E-state index >= 15 is 0 Å². The summed E-state index contributed by atoms with van der Waals surface area (Å²) in [4.78, 5) is 17.2. The number of anilines is 1. The van der Waals surface area contributed by atoms with Gasteiger partial charge in [0.2, 0.25) is 0 Å². The van der Waals surface area contributed by atoms with Gasteiger partial charge in [-0.15, -0.1) is 0 Å². The molecule has 2 aromatic rings. The van der Waals surface area contributed by atoms with Gasteiger partial charge in [-0.05, 0) is 44.0 Å². The van der Waals surface area contributed by atoms with Crippen LogP contribution in [0.25, 0.3) is 10.9 Å². The summed E-state index contributed by atoms with van der Waals surface area (Å²) in [6.07, 6.45) is 5.29. The van der Waals surface area contributed by atoms with Crippen LogP contribution in [0.15, 0.2) is 30.5 Å². The first-order valence-corrected chi connectivity index (χ1v) is 8.92. The van der Waals surface area contributed by atoms with Gasteiger partial charge in [0, 0.05) is 18.7 Å². The van der Waals surface area contributed by atoms with Crippen LogP contribution in [0.5, 0.6) is 5.75 Å². The highest BCUT2D eigenvalue weighted by Gasteiger charge is 2.32. The fourth-order valence-corrected chi connectivity index (χ4v) is 2.66. The Morgan fingerprint density at radius 1 is 1.24 bits per heavy atom. The molecule has 0 aliphatic carbocycles. The van der Waals surface area contributed by atoms with Gasteiger partial charge >= 0.3 is 0 Å². The quantitative estimate of drug-likeness (QED) is 0.724. The number of fused-ring (bicyclic) bond motifs is 1. The van der Waals surface area contributed by atoms with Crippen LogP contribution in [0.4, 0.5) is 5.69 Å². The second-order valence-electron chi connectivity index (χ2n) is 6.35. The number of carbonyl (C=O) groups excluding carboxylic acids is 1. The molecule has 0 saturated carbocycles. The molecule has 1 atom stereocenters. The predicted molar refractivity (Wildman–Crippen MR) is 101 cm³/mol. The summed E-state index contributed by atoms with van der Waals surface area (Å²) in [5, 5.41) is 3.87. The van der Waals surface area contributed by atoms with E-state index in [0.29, 0.717) is 13.0 Å². The lowest BCUT2D eigenvalue weighted by molar-refractivity contribution is -0.136. The second-order valence-corrected chi connectivity index (χ2v) is 6.35. The van der Waals surface area contributed by atoms with Crippen molar-refractivity contribution in [2.75, 3.05) is 19.0 Å². The highest BCUT2D eigenvalue weighted by Crippen LogP contribution is 2.31. The Morgan fingerprint density at radius 2 is 2.04 bits per heavy atom. The maximum Gasteiger partial charge on any atom is 0.256 e. The molecule has 0 saturated heterocycles. The van der Waals surface area contributed by atoms with E-state index in [1.165, 1.54) is 0 Å². The predicted octanol–water partition coefficient (Wildman–Crippen LogP) is 4.56. The van der Waals surface area contributed by atoms with Gasteiger partial charge in [0.15, 0.2) is 0 Å². The highest BCUT2D eigenvalue weighted by atomic mass is 16.5. The third kappa shape index (κ3) is 4.48. The number of amides is 1. The normalized spacial score (nSPS) is 13.4. The van der Waals surface area contributed by atoms with Crippen LogP contribution >= 0.6 is 0 Å². The molecular weight excluding hydrogens is 316 g/mol. The molecule has 2 rings (SSSR count). The zero-order chi connectivity index (χ0) is 18.3. The van der Waals surface area contributed by atoms with Crippen LogP contribution in [0.1, 0.15) is 46.5 Å². The van der Waals surface area contributed by atoms with Crippen LogP contribution in [0.2, 0.25) is 0 Å². The molecule has 25 heavy (non-hydrogen) atoms. The van der Waals surface area contributed by atoms with Crippen molar-refractivity contribution in [3.8, 4) is 5.75 Å². The van der Waals surface area contributed by atoms with Gasteiger partial charge in [-0.3, -0.25) is 9.78 Å². The molecule has 0 bridgehead atoms. The van der Waals surface area contributed by atoms with Crippen molar-refractivity contribution in [3.05, 3.63) is 30.5 Å². The van der Waals surface area contributed by atoms with E-state index in [1.54, 1.807) is 13.3 Å². The molecule has 5 nitrogen and oxygen atoms in total. The number of nitrogens with zero attached hydrogens (tertiary/aromatic N) is 1. The Bertz CT molecular complexity index is 717. The van der Waals surface area contributed by atoms with Gasteiger partial charge < -0.3 is 14.8 Å². The number of nitrogens with one attached hydrogen (secondary N) is 1. The van der Waals surface area contributed by atoms with Gasteiger partial charge in [-0.1, -0.05) is 26.7 Å². The number of aromatic nitrogens is 1. The lowest BCUT2D eigenvalue weighted by Crippen LogP contribution is -2.42. The van der Waals surface area contributed by atoms with E-state index < -0.39 is 5.60 Å². The van der Waals surface area contributed by atoms with Crippen molar-refractivity contribution in [3.63, 3.8) is 0 Å². The fourth-order valence-electron chi connectivity index (χ4n) is 2.66. The smallest absolute Gasteiger partial charge is 0.256 e. The molecule has 0 aliphatic rings. The van der Waals surface area contributed by atoms with Crippen LogP contribution in [0, 0.1) is 0 Å². The maximum absolute atomic E-state index is 12.8. The average Bonchev–Trinajstić information content (AvgIpc) is 2.65. The summed E-state index contributed by atoms with van der Waals surface area (Å²) in [6.45, 7) is 6.63. The number of methoxy groups -OCH3 is 1. The summed E-state index contributed by atoms with van der Waals surface area (Å²) in [7, 11) is 1.58. The second kappa shape index (κ2) is 8.81. The van der Waals surface area contributed by atoms with Gasteiger partial charge in [0.05, 0.1) is 12.3 Å².